The van der Waals surface area contributed by atoms with E-state index in [4.69, 9.17) is 15.9 Å². The predicted molar refractivity (Wildman–Crippen MR) is 93.8 cm³/mol. The van der Waals surface area contributed by atoms with Gasteiger partial charge < -0.3 is 20.1 Å². The predicted octanol–water partition coefficient (Wildman–Crippen LogP) is 1.21. The van der Waals surface area contributed by atoms with Gasteiger partial charge in [0.05, 0.1) is 25.4 Å². The van der Waals surface area contributed by atoms with Crippen molar-refractivity contribution in [2.45, 2.75) is 51.3 Å². The number of urea groups is 1. The van der Waals surface area contributed by atoms with Crippen molar-refractivity contribution in [2.75, 3.05) is 39.5 Å². The summed E-state index contributed by atoms with van der Waals surface area (Å²) >= 11 is 0. The molecule has 24 heavy (non-hydrogen) atoms. The summed E-state index contributed by atoms with van der Waals surface area (Å²) < 4.78 is 11.2. The van der Waals surface area contributed by atoms with Gasteiger partial charge in [0.25, 0.3) is 0 Å². The monoisotopic (exact) mass is 337 g/mol. The number of terminal acetylenes is 1. The fourth-order valence-corrected chi connectivity index (χ4v) is 3.53. The van der Waals surface area contributed by atoms with Crippen LogP contribution in [0.15, 0.2) is 0 Å². The molecule has 1 saturated carbocycles. The fourth-order valence-electron chi connectivity index (χ4n) is 3.53. The number of nitrogens with one attached hydrogen (secondary N) is 2. The van der Waals surface area contributed by atoms with Crippen molar-refractivity contribution in [3.63, 3.8) is 0 Å². The van der Waals surface area contributed by atoms with Gasteiger partial charge in [-0.25, -0.2) is 4.79 Å². The van der Waals surface area contributed by atoms with Crippen molar-refractivity contribution in [3.8, 4) is 12.3 Å². The Morgan fingerprint density at radius 1 is 1.42 bits per heavy atom. The third kappa shape index (κ3) is 4.62. The first-order chi connectivity index (χ1) is 11.5. The summed E-state index contributed by atoms with van der Waals surface area (Å²) in [7, 11) is 0. The van der Waals surface area contributed by atoms with Crippen LogP contribution in [-0.2, 0) is 9.47 Å². The van der Waals surface area contributed by atoms with Crippen molar-refractivity contribution < 1.29 is 14.3 Å². The molecule has 2 amide bonds. The lowest BCUT2D eigenvalue weighted by molar-refractivity contribution is -0.124. The average Bonchev–Trinajstić information content (AvgIpc) is 2.55. The molecular weight excluding hydrogens is 306 g/mol. The zero-order chi connectivity index (χ0) is 17.6. The van der Waals surface area contributed by atoms with E-state index in [0.29, 0.717) is 6.54 Å². The Hall–Kier alpha value is -1.29. The van der Waals surface area contributed by atoms with E-state index in [-0.39, 0.29) is 29.6 Å². The second-order valence-corrected chi connectivity index (χ2v) is 7.02. The molecule has 136 valence electrons. The van der Waals surface area contributed by atoms with Crippen LogP contribution >= 0.6 is 0 Å². The highest BCUT2D eigenvalue weighted by atomic mass is 16.5. The SMILES string of the molecule is C#CC(NC(=O)NCC1(N2CCOCC2)CC(OCC)C1)C(C)C. The van der Waals surface area contributed by atoms with Crippen LogP contribution in [0.5, 0.6) is 0 Å². The smallest absolute Gasteiger partial charge is 0.315 e. The molecule has 1 aliphatic carbocycles. The van der Waals surface area contributed by atoms with Crippen LogP contribution in [-0.4, -0.2) is 68.1 Å². The standard InChI is InChI=1S/C18H31N3O3/c1-5-16(14(3)4)20-17(22)19-13-18(11-15(12-18)24-6-2)21-7-9-23-10-8-21/h1,14-16H,6-13H2,2-4H3,(H2,19,20,22). The number of rotatable bonds is 7. The summed E-state index contributed by atoms with van der Waals surface area (Å²) in [6, 6.07) is -0.443. The second kappa shape index (κ2) is 8.70. The lowest BCUT2D eigenvalue weighted by atomic mass is 9.72. The van der Waals surface area contributed by atoms with Gasteiger partial charge >= 0.3 is 6.03 Å². The molecule has 0 spiro atoms. The number of hydrogen-bond donors (Lipinski definition) is 2. The summed E-state index contributed by atoms with van der Waals surface area (Å²) in [6.07, 6.45) is 7.66. The van der Waals surface area contributed by atoms with E-state index in [1.54, 1.807) is 0 Å². The van der Waals surface area contributed by atoms with E-state index in [2.05, 4.69) is 21.5 Å². The van der Waals surface area contributed by atoms with Crippen LogP contribution < -0.4 is 10.6 Å². The molecule has 1 unspecified atom stereocenters. The molecule has 6 nitrogen and oxygen atoms in total. The van der Waals surface area contributed by atoms with Crippen LogP contribution in [0.25, 0.3) is 0 Å². The molecule has 0 radical (unpaired) electrons. The van der Waals surface area contributed by atoms with Crippen molar-refractivity contribution in [2.24, 2.45) is 5.92 Å². The van der Waals surface area contributed by atoms with Crippen molar-refractivity contribution >= 4 is 6.03 Å². The number of carbonyl (C=O) groups excluding carboxylic acids is 1. The first-order valence-corrected chi connectivity index (χ1v) is 8.95. The minimum Gasteiger partial charge on any atom is -0.379 e. The Labute approximate surface area is 145 Å². The largest absolute Gasteiger partial charge is 0.379 e. The minimum atomic E-state index is -0.248. The van der Waals surface area contributed by atoms with Crippen LogP contribution in [0.3, 0.4) is 0 Å². The average molecular weight is 337 g/mol. The number of carbonyl (C=O) groups is 1. The summed E-state index contributed by atoms with van der Waals surface area (Å²) in [6.45, 7) is 10.7. The van der Waals surface area contributed by atoms with Crippen LogP contribution in [0.2, 0.25) is 0 Å². The minimum absolute atomic E-state index is 0.0234. The molecule has 1 heterocycles. The second-order valence-electron chi connectivity index (χ2n) is 7.02. The van der Waals surface area contributed by atoms with Crippen LogP contribution in [0.4, 0.5) is 4.79 Å². The molecule has 2 N–H and O–H groups in total. The Bertz CT molecular complexity index is 449. The van der Waals surface area contributed by atoms with Gasteiger partial charge in [-0.15, -0.1) is 6.42 Å². The topological polar surface area (TPSA) is 62.8 Å². The van der Waals surface area contributed by atoms with Gasteiger partial charge in [-0.2, -0.15) is 0 Å². The zero-order valence-electron chi connectivity index (χ0n) is 15.1. The molecule has 2 aliphatic rings. The number of amides is 2. The fraction of sp³-hybridized carbons (Fsp3) is 0.833. The molecule has 2 rings (SSSR count). The molecule has 6 heteroatoms. The molecule has 1 aliphatic heterocycles. The van der Waals surface area contributed by atoms with E-state index in [1.165, 1.54) is 0 Å². The van der Waals surface area contributed by atoms with Gasteiger partial charge in [-0.3, -0.25) is 4.90 Å². The molecule has 1 saturated heterocycles. The highest BCUT2D eigenvalue weighted by Gasteiger charge is 2.49. The summed E-state index contributed by atoms with van der Waals surface area (Å²) in [5, 5.41) is 5.89. The molecular formula is C18H31N3O3. The van der Waals surface area contributed by atoms with Crippen LogP contribution in [0, 0.1) is 18.3 Å². The molecule has 1 atom stereocenters. The Morgan fingerprint density at radius 3 is 2.62 bits per heavy atom. The van der Waals surface area contributed by atoms with Gasteiger partial charge in [-0.1, -0.05) is 19.8 Å². The Balaban J connectivity index is 1.89. The van der Waals surface area contributed by atoms with E-state index < -0.39 is 0 Å². The van der Waals surface area contributed by atoms with E-state index in [1.807, 2.05) is 20.8 Å². The lowest BCUT2D eigenvalue weighted by Crippen LogP contribution is -2.67. The Morgan fingerprint density at radius 2 is 2.08 bits per heavy atom. The van der Waals surface area contributed by atoms with Crippen LogP contribution in [0.1, 0.15) is 33.6 Å². The maximum atomic E-state index is 12.2. The maximum absolute atomic E-state index is 12.2. The molecule has 0 aromatic rings. The van der Waals surface area contributed by atoms with E-state index in [0.717, 1.165) is 45.8 Å². The summed E-state index contributed by atoms with van der Waals surface area (Å²) in [5.41, 5.74) is -0.0234. The van der Waals surface area contributed by atoms with E-state index in [9.17, 15) is 4.79 Å². The van der Waals surface area contributed by atoms with Gasteiger partial charge in [0.2, 0.25) is 0 Å². The van der Waals surface area contributed by atoms with E-state index >= 15 is 0 Å². The Kier molecular flexibility index (Phi) is 6.90. The highest BCUT2D eigenvalue weighted by molar-refractivity contribution is 5.74. The van der Waals surface area contributed by atoms with Crippen molar-refractivity contribution in [1.29, 1.82) is 0 Å². The number of morpholine rings is 1. The van der Waals surface area contributed by atoms with Gasteiger partial charge in [-0.05, 0) is 25.7 Å². The summed E-state index contributed by atoms with van der Waals surface area (Å²) in [5.74, 6) is 2.83. The zero-order valence-corrected chi connectivity index (χ0v) is 15.1. The third-order valence-corrected chi connectivity index (χ3v) is 5.01. The molecule has 0 aromatic heterocycles. The van der Waals surface area contributed by atoms with Gasteiger partial charge in [0.1, 0.15) is 0 Å². The quantitative estimate of drug-likeness (QED) is 0.686. The van der Waals surface area contributed by atoms with Gasteiger partial charge in [0.15, 0.2) is 0 Å². The molecule has 0 aromatic carbocycles. The van der Waals surface area contributed by atoms with Crippen molar-refractivity contribution in [1.82, 2.24) is 15.5 Å². The first-order valence-electron chi connectivity index (χ1n) is 8.95. The van der Waals surface area contributed by atoms with Gasteiger partial charge in [0, 0.05) is 31.8 Å². The third-order valence-electron chi connectivity index (χ3n) is 5.01. The highest BCUT2D eigenvalue weighted by Crippen LogP contribution is 2.39. The number of hydrogen-bond acceptors (Lipinski definition) is 4. The normalized spacial score (nSPS) is 28.7. The molecule has 2 fully saturated rings. The number of nitrogens with zero attached hydrogens (tertiary/aromatic N) is 1. The molecule has 0 bridgehead atoms. The maximum Gasteiger partial charge on any atom is 0.315 e. The summed E-state index contributed by atoms with van der Waals surface area (Å²) in [4.78, 5) is 14.6. The van der Waals surface area contributed by atoms with Crippen molar-refractivity contribution in [3.05, 3.63) is 0 Å². The number of ether oxygens (including phenoxy) is 2. The first kappa shape index (κ1) is 19.0. The lowest BCUT2D eigenvalue weighted by Gasteiger charge is -2.55.